The van der Waals surface area contributed by atoms with Crippen molar-refractivity contribution in [3.63, 3.8) is 0 Å². The number of aromatic nitrogens is 2. The SMILES string of the molecule is CCOP(=O)(OCC)c1ccc(Nc2nn(C3(CC#N)CCC(=O)CC3)cc2C(N)O)cc1. The highest BCUT2D eigenvalue weighted by Gasteiger charge is 2.38. The number of aliphatic hydroxyl groups is 1. The van der Waals surface area contributed by atoms with E-state index in [1.807, 2.05) is 0 Å². The van der Waals surface area contributed by atoms with Crippen LogP contribution in [-0.2, 0) is 23.9 Å². The Hall–Kier alpha value is -2.54. The van der Waals surface area contributed by atoms with Gasteiger partial charge in [-0.3, -0.25) is 14.0 Å². The molecule has 1 saturated carbocycles. The van der Waals surface area contributed by atoms with Crippen molar-refractivity contribution in [1.29, 1.82) is 5.26 Å². The summed E-state index contributed by atoms with van der Waals surface area (Å²) in [5.74, 6) is 0.509. The van der Waals surface area contributed by atoms with Crippen molar-refractivity contribution in [2.75, 3.05) is 18.5 Å². The number of nitrogens with zero attached hydrogens (tertiary/aromatic N) is 3. The van der Waals surface area contributed by atoms with E-state index in [4.69, 9.17) is 14.8 Å². The summed E-state index contributed by atoms with van der Waals surface area (Å²) in [7, 11) is -3.40. The van der Waals surface area contributed by atoms with E-state index in [-0.39, 0.29) is 25.4 Å². The zero-order valence-electron chi connectivity index (χ0n) is 18.9. The first-order valence-corrected chi connectivity index (χ1v) is 12.5. The van der Waals surface area contributed by atoms with Gasteiger partial charge in [-0.25, -0.2) is 0 Å². The zero-order chi connectivity index (χ0) is 24.1. The second-order valence-corrected chi connectivity index (χ2v) is 9.95. The zero-order valence-corrected chi connectivity index (χ0v) is 19.8. The van der Waals surface area contributed by atoms with Crippen molar-refractivity contribution in [3.05, 3.63) is 36.0 Å². The molecule has 4 N–H and O–H groups in total. The number of rotatable bonds is 10. The number of hydrogen-bond acceptors (Lipinski definition) is 9. The standard InChI is InChI=1S/C22H30N5O5P/c1-3-31-33(30,32-4-2)18-7-5-16(6-8-18)25-21-19(20(24)29)15-27(26-21)22(13-14-23)11-9-17(28)10-12-22/h5-8,15,20,29H,3-4,9-13,24H2,1-2H3,(H,25,26). The van der Waals surface area contributed by atoms with Crippen LogP contribution in [0.5, 0.6) is 0 Å². The average molecular weight is 475 g/mol. The van der Waals surface area contributed by atoms with Gasteiger partial charge in [-0.2, -0.15) is 10.4 Å². The van der Waals surface area contributed by atoms with E-state index in [2.05, 4.69) is 16.5 Å². The number of carbonyl (C=O) groups excluding carboxylic acids is 1. The fourth-order valence-corrected chi connectivity index (χ4v) is 5.53. The maximum absolute atomic E-state index is 12.9. The van der Waals surface area contributed by atoms with Crippen molar-refractivity contribution >= 4 is 30.2 Å². The molecule has 10 nitrogen and oxygen atoms in total. The highest BCUT2D eigenvalue weighted by atomic mass is 31.2. The van der Waals surface area contributed by atoms with Gasteiger partial charge in [0.05, 0.1) is 42.1 Å². The maximum Gasteiger partial charge on any atom is 0.361 e. The summed E-state index contributed by atoms with van der Waals surface area (Å²) in [5, 5.41) is 27.7. The molecule has 1 aliphatic rings. The summed E-state index contributed by atoms with van der Waals surface area (Å²) in [6, 6.07) is 8.91. The van der Waals surface area contributed by atoms with Gasteiger partial charge >= 0.3 is 7.60 Å². The highest BCUT2D eigenvalue weighted by molar-refractivity contribution is 7.62. The van der Waals surface area contributed by atoms with Crippen LogP contribution in [0.1, 0.15) is 57.7 Å². The Balaban J connectivity index is 1.89. The minimum Gasteiger partial charge on any atom is -0.374 e. The largest absolute Gasteiger partial charge is 0.374 e. The first-order chi connectivity index (χ1) is 15.8. The predicted octanol–water partition coefficient (Wildman–Crippen LogP) is 3.22. The Morgan fingerprint density at radius 1 is 1.27 bits per heavy atom. The number of benzene rings is 1. The quantitative estimate of drug-likeness (QED) is 0.347. The second kappa shape index (κ2) is 10.6. The maximum atomic E-state index is 12.9. The van der Waals surface area contributed by atoms with E-state index >= 15 is 0 Å². The fourth-order valence-electron chi connectivity index (χ4n) is 3.96. The number of anilines is 2. The molecule has 0 spiro atoms. The molecule has 1 heterocycles. The van der Waals surface area contributed by atoms with Gasteiger partial charge in [-0.15, -0.1) is 0 Å². The number of hydrogen-bond donors (Lipinski definition) is 3. The lowest BCUT2D eigenvalue weighted by molar-refractivity contribution is -0.122. The lowest BCUT2D eigenvalue weighted by Crippen LogP contribution is -2.38. The van der Waals surface area contributed by atoms with E-state index in [0.29, 0.717) is 48.1 Å². The van der Waals surface area contributed by atoms with Crippen molar-refractivity contribution in [2.24, 2.45) is 5.73 Å². The van der Waals surface area contributed by atoms with Gasteiger partial charge in [0.1, 0.15) is 12.0 Å². The fraction of sp³-hybridized carbons (Fsp3) is 0.500. The molecule has 11 heteroatoms. The van der Waals surface area contributed by atoms with Crippen LogP contribution in [0.3, 0.4) is 0 Å². The molecule has 178 valence electrons. The number of nitrogens with one attached hydrogen (secondary N) is 1. The number of nitrogens with two attached hydrogens (primary N) is 1. The lowest BCUT2D eigenvalue weighted by Gasteiger charge is -2.35. The molecule has 1 atom stereocenters. The van der Waals surface area contributed by atoms with Crippen LogP contribution < -0.4 is 16.4 Å². The molecule has 1 aromatic carbocycles. The van der Waals surface area contributed by atoms with E-state index in [1.165, 1.54) is 0 Å². The number of nitriles is 1. The third-order valence-corrected chi connectivity index (χ3v) is 7.86. The van der Waals surface area contributed by atoms with Gasteiger partial charge in [0.25, 0.3) is 0 Å². The third-order valence-electron chi connectivity index (χ3n) is 5.74. The Morgan fingerprint density at radius 3 is 2.39 bits per heavy atom. The predicted molar refractivity (Wildman–Crippen MR) is 123 cm³/mol. The molecule has 1 unspecified atom stereocenters. The minimum atomic E-state index is -3.40. The van der Waals surface area contributed by atoms with Crippen LogP contribution in [-0.4, -0.2) is 33.9 Å². The normalized spacial score (nSPS) is 16.9. The minimum absolute atomic E-state index is 0.171. The lowest BCUT2D eigenvalue weighted by atomic mass is 9.79. The van der Waals surface area contributed by atoms with Crippen molar-refractivity contribution in [3.8, 4) is 6.07 Å². The monoisotopic (exact) mass is 475 g/mol. The molecule has 2 aromatic rings. The molecule has 3 rings (SSSR count). The van der Waals surface area contributed by atoms with Gasteiger partial charge < -0.3 is 25.2 Å². The van der Waals surface area contributed by atoms with Gasteiger partial charge in [-0.05, 0) is 51.0 Å². The number of aliphatic hydroxyl groups excluding tert-OH is 1. The molecule has 0 radical (unpaired) electrons. The van der Waals surface area contributed by atoms with Crippen molar-refractivity contribution in [1.82, 2.24) is 9.78 Å². The number of carbonyl (C=O) groups is 1. The van der Waals surface area contributed by atoms with Gasteiger partial charge in [0.2, 0.25) is 0 Å². The molecule has 33 heavy (non-hydrogen) atoms. The highest BCUT2D eigenvalue weighted by Crippen LogP contribution is 2.47. The molecule has 1 fully saturated rings. The average Bonchev–Trinajstić information content (AvgIpc) is 3.21. The Morgan fingerprint density at radius 2 is 1.88 bits per heavy atom. The van der Waals surface area contributed by atoms with Crippen LogP contribution in [0.2, 0.25) is 0 Å². The summed E-state index contributed by atoms with van der Waals surface area (Å²) in [6.07, 6.45) is 2.30. The van der Waals surface area contributed by atoms with Gasteiger partial charge in [0.15, 0.2) is 5.82 Å². The number of Topliss-reactive ketones (excluding diaryl/α,β-unsaturated/α-hetero) is 1. The number of ketones is 1. The van der Waals surface area contributed by atoms with Crippen molar-refractivity contribution in [2.45, 2.75) is 57.7 Å². The van der Waals surface area contributed by atoms with Crippen LogP contribution in [0.4, 0.5) is 11.5 Å². The van der Waals surface area contributed by atoms with E-state index < -0.39 is 19.4 Å². The van der Waals surface area contributed by atoms with Crippen molar-refractivity contribution < 1.29 is 23.5 Å². The van der Waals surface area contributed by atoms with Crippen LogP contribution in [0, 0.1) is 11.3 Å². The molecule has 0 aliphatic heterocycles. The van der Waals surface area contributed by atoms with E-state index in [0.717, 1.165) is 0 Å². The van der Waals surface area contributed by atoms with Crippen LogP contribution >= 0.6 is 7.60 Å². The molecule has 0 amide bonds. The Labute approximate surface area is 193 Å². The van der Waals surface area contributed by atoms with Gasteiger partial charge in [-0.1, -0.05) is 0 Å². The molecule has 0 bridgehead atoms. The third kappa shape index (κ3) is 5.52. The topological polar surface area (TPSA) is 152 Å². The summed E-state index contributed by atoms with van der Waals surface area (Å²) < 4.78 is 25.4. The first kappa shape index (κ1) is 25.1. The molecule has 1 aromatic heterocycles. The molecule has 0 saturated heterocycles. The molecular formula is C22H30N5O5P. The van der Waals surface area contributed by atoms with Crippen LogP contribution in [0.25, 0.3) is 0 Å². The second-order valence-electron chi connectivity index (χ2n) is 7.93. The summed E-state index contributed by atoms with van der Waals surface area (Å²) in [5.41, 5.74) is 6.13. The summed E-state index contributed by atoms with van der Waals surface area (Å²) >= 11 is 0. The van der Waals surface area contributed by atoms with Crippen LogP contribution in [0.15, 0.2) is 30.5 Å². The summed E-state index contributed by atoms with van der Waals surface area (Å²) in [6.45, 7) is 4.00. The van der Waals surface area contributed by atoms with Gasteiger partial charge in [0, 0.05) is 24.7 Å². The Kier molecular flexibility index (Phi) is 8.05. The molecular weight excluding hydrogens is 445 g/mol. The van der Waals surface area contributed by atoms with E-state index in [9.17, 15) is 19.7 Å². The molecule has 1 aliphatic carbocycles. The Bertz CT molecular complexity index is 1040. The summed E-state index contributed by atoms with van der Waals surface area (Å²) in [4.78, 5) is 11.8. The van der Waals surface area contributed by atoms with E-state index in [1.54, 1.807) is 49.0 Å². The first-order valence-electron chi connectivity index (χ1n) is 11.0. The smallest absolute Gasteiger partial charge is 0.361 e.